The first kappa shape index (κ1) is 14.2. The Labute approximate surface area is 120 Å². The minimum absolute atomic E-state index is 0.192. The zero-order chi connectivity index (χ0) is 14.7. The first-order chi connectivity index (χ1) is 9.56. The first-order valence-electron chi connectivity index (χ1n) is 6.00. The zero-order valence-electron chi connectivity index (χ0n) is 11.1. The van der Waals surface area contributed by atoms with Crippen LogP contribution in [0.15, 0.2) is 41.7 Å². The van der Waals surface area contributed by atoms with E-state index in [1.807, 2.05) is 31.2 Å². The lowest BCUT2D eigenvalue weighted by Crippen LogP contribution is -2.22. The Kier molecular flexibility index (Phi) is 4.14. The molecule has 0 saturated carbocycles. The monoisotopic (exact) mass is 289 g/mol. The lowest BCUT2D eigenvalue weighted by atomic mass is 10.0. The van der Waals surface area contributed by atoms with Crippen molar-refractivity contribution in [2.24, 2.45) is 0 Å². The first-order valence-corrected chi connectivity index (χ1v) is 6.99. The third kappa shape index (κ3) is 2.55. The molecule has 1 aromatic carbocycles. The van der Waals surface area contributed by atoms with E-state index < -0.39 is 10.8 Å². The highest BCUT2D eigenvalue weighted by molar-refractivity contribution is 8.13. The average molecular weight is 289 g/mol. The number of hydrogen-bond acceptors (Lipinski definition) is 4. The summed E-state index contributed by atoms with van der Waals surface area (Å²) in [5.41, 5.74) is 7.40. The number of anilines is 1. The van der Waals surface area contributed by atoms with Crippen LogP contribution in [0.2, 0.25) is 0 Å². The molecule has 0 saturated heterocycles. The van der Waals surface area contributed by atoms with Gasteiger partial charge in [-0.05, 0) is 18.1 Å². The topological polar surface area (TPSA) is 80.9 Å². The molecule has 0 aliphatic heterocycles. The van der Waals surface area contributed by atoms with E-state index in [1.165, 1.54) is 0 Å². The third-order valence-electron chi connectivity index (χ3n) is 2.84. The molecule has 104 valence electrons. The predicted molar refractivity (Wildman–Crippen MR) is 83.1 cm³/mol. The highest BCUT2D eigenvalue weighted by Crippen LogP contribution is 2.24. The Morgan fingerprint density at radius 3 is 2.85 bits per heavy atom. The van der Waals surface area contributed by atoms with Crippen molar-refractivity contribution in [3.8, 4) is 11.1 Å². The number of carbonyl (C=O) groups excluding carboxylic acids is 1. The van der Waals surface area contributed by atoms with Gasteiger partial charge in [-0.15, -0.1) is 6.58 Å². The molecule has 3 N–H and O–H groups in total. The second-order valence-electron chi connectivity index (χ2n) is 4.22. The number of nitrogens with two attached hydrogens (primary N) is 1. The summed E-state index contributed by atoms with van der Waals surface area (Å²) in [5, 5.41) is 2.22. The van der Waals surface area contributed by atoms with E-state index in [4.69, 9.17) is 5.73 Å². The average Bonchev–Trinajstić information content (AvgIpc) is 2.72. The van der Waals surface area contributed by atoms with E-state index >= 15 is 0 Å². The van der Waals surface area contributed by atoms with Gasteiger partial charge in [0.05, 0.1) is 5.56 Å². The molecule has 0 bridgehead atoms. The van der Waals surface area contributed by atoms with Crippen LogP contribution in [0, 0.1) is 6.92 Å². The van der Waals surface area contributed by atoms with Crippen LogP contribution in [0.4, 0.5) is 10.6 Å². The van der Waals surface area contributed by atoms with Gasteiger partial charge >= 0.3 is 5.24 Å². The van der Waals surface area contributed by atoms with Gasteiger partial charge in [-0.3, -0.25) is 14.7 Å². The number of thioether (sulfide) groups is 1. The van der Waals surface area contributed by atoms with E-state index in [9.17, 15) is 9.59 Å². The number of rotatable bonds is 3. The molecule has 0 spiro atoms. The molecule has 2 rings (SSSR count). The van der Waals surface area contributed by atoms with Gasteiger partial charge in [0.15, 0.2) is 0 Å². The van der Waals surface area contributed by atoms with Gasteiger partial charge in [0.2, 0.25) is 0 Å². The lowest BCUT2D eigenvalue weighted by Gasteiger charge is -2.01. The smallest absolute Gasteiger partial charge is 0.307 e. The number of nitrogens with one attached hydrogen (secondary N) is 1. The molecule has 6 heteroatoms. The predicted octanol–water partition coefficient (Wildman–Crippen LogP) is 2.62. The van der Waals surface area contributed by atoms with Crippen molar-refractivity contribution < 1.29 is 4.79 Å². The van der Waals surface area contributed by atoms with Gasteiger partial charge in [-0.25, -0.2) is 0 Å². The zero-order valence-corrected chi connectivity index (χ0v) is 11.9. The van der Waals surface area contributed by atoms with Gasteiger partial charge in [0.1, 0.15) is 5.82 Å². The van der Waals surface area contributed by atoms with Crippen LogP contribution in [-0.2, 0) is 0 Å². The number of aromatic amines is 1. The maximum atomic E-state index is 12.3. The number of carbonyl (C=O) groups is 1. The lowest BCUT2D eigenvalue weighted by molar-refractivity contribution is 0.259. The summed E-state index contributed by atoms with van der Waals surface area (Å²) in [6.07, 6.45) is 1.60. The van der Waals surface area contributed by atoms with Crippen molar-refractivity contribution in [1.82, 2.24) is 9.78 Å². The van der Waals surface area contributed by atoms with Gasteiger partial charge in [-0.1, -0.05) is 42.1 Å². The number of aryl methyl sites for hydroxylation is 1. The molecule has 0 aliphatic rings. The molecule has 20 heavy (non-hydrogen) atoms. The van der Waals surface area contributed by atoms with Crippen molar-refractivity contribution in [2.45, 2.75) is 6.92 Å². The van der Waals surface area contributed by atoms with Crippen molar-refractivity contribution in [2.75, 3.05) is 11.5 Å². The third-order valence-corrected chi connectivity index (χ3v) is 3.67. The van der Waals surface area contributed by atoms with E-state index in [0.717, 1.165) is 27.6 Å². The second kappa shape index (κ2) is 5.83. The van der Waals surface area contributed by atoms with Gasteiger partial charge in [0, 0.05) is 5.75 Å². The van der Waals surface area contributed by atoms with E-state index in [1.54, 1.807) is 6.08 Å². The van der Waals surface area contributed by atoms with Gasteiger partial charge in [0.25, 0.3) is 5.56 Å². The molecule has 0 aliphatic carbocycles. The molecule has 0 unspecified atom stereocenters. The Bertz CT molecular complexity index is 715. The molecular weight excluding hydrogens is 274 g/mol. The Morgan fingerprint density at radius 1 is 1.50 bits per heavy atom. The number of nitrogens with zero attached hydrogens (tertiary/aromatic N) is 1. The van der Waals surface area contributed by atoms with Crippen LogP contribution in [-0.4, -0.2) is 20.8 Å². The van der Waals surface area contributed by atoms with Crippen molar-refractivity contribution in [3.05, 3.63) is 52.8 Å². The summed E-state index contributed by atoms with van der Waals surface area (Å²) >= 11 is 0.984. The SMILES string of the molecule is C=CCSC(=O)n1[nH]c(N)c(-c2ccccc2C)c1=O. The number of benzene rings is 1. The van der Waals surface area contributed by atoms with E-state index in [0.29, 0.717) is 11.3 Å². The Balaban J connectivity index is 2.50. The molecule has 1 aromatic heterocycles. The van der Waals surface area contributed by atoms with Crippen LogP contribution in [0.25, 0.3) is 11.1 Å². The fourth-order valence-electron chi connectivity index (χ4n) is 1.89. The van der Waals surface area contributed by atoms with E-state index in [2.05, 4.69) is 11.7 Å². The molecule has 0 atom stereocenters. The van der Waals surface area contributed by atoms with Crippen LogP contribution >= 0.6 is 11.8 Å². The van der Waals surface area contributed by atoms with Crippen LogP contribution in [0.1, 0.15) is 5.56 Å². The van der Waals surface area contributed by atoms with Crippen molar-refractivity contribution in [3.63, 3.8) is 0 Å². The summed E-state index contributed by atoms with van der Waals surface area (Å²) in [4.78, 5) is 24.2. The van der Waals surface area contributed by atoms with Crippen molar-refractivity contribution in [1.29, 1.82) is 0 Å². The van der Waals surface area contributed by atoms with Crippen molar-refractivity contribution >= 4 is 22.8 Å². The van der Waals surface area contributed by atoms with E-state index in [-0.39, 0.29) is 5.82 Å². The highest BCUT2D eigenvalue weighted by atomic mass is 32.2. The summed E-state index contributed by atoms with van der Waals surface area (Å²) in [7, 11) is 0. The largest absolute Gasteiger partial charge is 0.383 e. The summed E-state index contributed by atoms with van der Waals surface area (Å²) in [5.74, 6) is 0.626. The molecule has 0 fully saturated rings. The van der Waals surface area contributed by atoms with Gasteiger partial charge < -0.3 is 5.73 Å². The maximum Gasteiger partial charge on any atom is 0.307 e. The molecule has 2 aromatic rings. The molecule has 0 amide bonds. The number of aromatic nitrogens is 2. The van der Waals surface area contributed by atoms with Crippen LogP contribution in [0.3, 0.4) is 0 Å². The quantitative estimate of drug-likeness (QED) is 0.851. The minimum Gasteiger partial charge on any atom is -0.383 e. The molecule has 0 radical (unpaired) electrons. The normalized spacial score (nSPS) is 10.4. The Hall–Kier alpha value is -2.21. The van der Waals surface area contributed by atoms with Crippen LogP contribution < -0.4 is 11.3 Å². The Morgan fingerprint density at radius 2 is 2.20 bits per heavy atom. The number of H-pyrrole nitrogens is 1. The highest BCUT2D eigenvalue weighted by Gasteiger charge is 2.19. The summed E-state index contributed by atoms with van der Waals surface area (Å²) in [6, 6.07) is 7.40. The van der Waals surface area contributed by atoms with Gasteiger partial charge in [-0.2, -0.15) is 4.68 Å². The molecule has 5 nitrogen and oxygen atoms in total. The second-order valence-corrected chi connectivity index (χ2v) is 5.19. The molecule has 1 heterocycles. The number of nitrogen functional groups attached to an aromatic ring is 1. The number of hydrogen-bond donors (Lipinski definition) is 2. The maximum absolute atomic E-state index is 12.3. The fourth-order valence-corrected chi connectivity index (χ4v) is 2.41. The minimum atomic E-state index is -0.432. The standard InChI is InChI=1S/C14H15N3O2S/c1-3-8-20-14(19)17-13(18)11(12(15)16-17)10-7-5-4-6-9(10)2/h3-7,16H,1,8,15H2,2H3. The summed E-state index contributed by atoms with van der Waals surface area (Å²) in [6.45, 7) is 5.42. The van der Waals surface area contributed by atoms with Crippen LogP contribution in [0.5, 0.6) is 0 Å². The summed E-state index contributed by atoms with van der Waals surface area (Å²) < 4.78 is 0.936. The fraction of sp³-hybridized carbons (Fsp3) is 0.143. The molecular formula is C14H15N3O2S.